The van der Waals surface area contributed by atoms with Crippen molar-refractivity contribution in [3.05, 3.63) is 50.9 Å². The molecule has 2 unspecified atom stereocenters. The molecule has 1 fully saturated rings. The van der Waals surface area contributed by atoms with Gasteiger partial charge in [0.05, 0.1) is 12.1 Å². The Balaban J connectivity index is 1.52. The first-order valence-electron chi connectivity index (χ1n) is 11.8. The van der Waals surface area contributed by atoms with Gasteiger partial charge >= 0.3 is 0 Å². The lowest BCUT2D eigenvalue weighted by atomic mass is 9.89. The van der Waals surface area contributed by atoms with Crippen molar-refractivity contribution < 1.29 is 9.59 Å². The lowest BCUT2D eigenvalue weighted by molar-refractivity contribution is -0.125. The molecule has 0 spiro atoms. The van der Waals surface area contributed by atoms with E-state index in [1.165, 1.54) is 10.4 Å². The van der Waals surface area contributed by atoms with E-state index in [4.69, 9.17) is 16.6 Å². The van der Waals surface area contributed by atoms with E-state index in [9.17, 15) is 9.59 Å². The molecule has 0 aromatic carbocycles. The molecule has 2 aromatic rings. The Bertz CT molecular complexity index is 1240. The third-order valence-electron chi connectivity index (χ3n) is 6.96. The quantitative estimate of drug-likeness (QED) is 0.656. The second kappa shape index (κ2) is 9.23. The number of hydrogen-bond acceptors (Lipinski definition) is 6. The molecule has 0 saturated heterocycles. The zero-order valence-electron chi connectivity index (χ0n) is 19.6. The minimum absolute atomic E-state index is 0.0408. The van der Waals surface area contributed by atoms with Gasteiger partial charge in [-0.15, -0.1) is 21.5 Å². The van der Waals surface area contributed by atoms with Gasteiger partial charge in [0.2, 0.25) is 5.91 Å². The van der Waals surface area contributed by atoms with E-state index in [1.807, 2.05) is 19.1 Å². The van der Waals surface area contributed by atoms with Gasteiger partial charge in [0.1, 0.15) is 22.7 Å². The first kappa shape index (κ1) is 23.2. The van der Waals surface area contributed by atoms with Crippen molar-refractivity contribution in [2.45, 2.75) is 71.4 Å². The summed E-state index contributed by atoms with van der Waals surface area (Å²) in [6.45, 7) is 6.19. The Morgan fingerprint density at radius 1 is 1.24 bits per heavy atom. The molecule has 0 radical (unpaired) electrons. The lowest BCUT2D eigenvalue weighted by Gasteiger charge is -2.23. The second-order valence-corrected chi connectivity index (χ2v) is 10.9. The van der Waals surface area contributed by atoms with Crippen LogP contribution in [0.15, 0.2) is 28.3 Å². The summed E-state index contributed by atoms with van der Waals surface area (Å²) in [5, 5.41) is 13.7. The number of amides is 1. The number of nitrogens with zero attached hydrogens (tertiary/aromatic N) is 4. The highest BCUT2D eigenvalue weighted by molar-refractivity contribution is 7.15. The Morgan fingerprint density at radius 2 is 2.00 bits per heavy atom. The molecule has 0 bridgehead atoms. The molecule has 5 rings (SSSR count). The van der Waals surface area contributed by atoms with Crippen LogP contribution in [0.3, 0.4) is 0 Å². The standard InChI is InChI=1S/C25H28ClN5O2S/c1-13-14(2)34-25-22(13)23(16-4-6-17(26)7-5-16)28-20(24-30-29-15(3)31(24)25)12-21(33)27-18-8-10-19(32)11-9-18/h4,6-7,16,18,20H,5,8-12H2,1-3H3,(H,27,33). The number of allylic oxidation sites excluding steroid dienone is 4. The number of carbonyl (C=O) groups is 2. The number of halogens is 1. The third-order valence-corrected chi connectivity index (χ3v) is 8.43. The molecule has 1 N–H and O–H groups in total. The Hall–Kier alpha value is -2.58. The van der Waals surface area contributed by atoms with Gasteiger partial charge in [0.25, 0.3) is 0 Å². The van der Waals surface area contributed by atoms with Crippen LogP contribution in [0.1, 0.15) is 72.2 Å². The maximum Gasteiger partial charge on any atom is 0.222 e. The first-order chi connectivity index (χ1) is 16.3. The SMILES string of the molecule is Cc1sc2c(c1C)C(C1C=CC(Cl)=CC1)=NC(CC(=O)NC1CCC(=O)CC1)c1nnc(C)n1-2. The number of aromatic nitrogens is 3. The van der Waals surface area contributed by atoms with E-state index in [2.05, 4.69) is 40.0 Å². The molecule has 3 aliphatic rings. The number of aryl methyl sites for hydroxylation is 2. The summed E-state index contributed by atoms with van der Waals surface area (Å²) >= 11 is 7.92. The number of fused-ring (bicyclic) bond motifs is 3. The molecule has 3 heterocycles. The highest BCUT2D eigenvalue weighted by Crippen LogP contribution is 2.40. The number of aliphatic imine (C=N–C) groups is 1. The van der Waals surface area contributed by atoms with Gasteiger partial charge in [-0.3, -0.25) is 19.1 Å². The molecule has 7 nitrogen and oxygen atoms in total. The minimum atomic E-state index is -0.449. The zero-order chi connectivity index (χ0) is 24.0. The van der Waals surface area contributed by atoms with Crippen LogP contribution in [-0.2, 0) is 9.59 Å². The largest absolute Gasteiger partial charge is 0.353 e. The lowest BCUT2D eigenvalue weighted by Crippen LogP contribution is -2.38. The number of ketones is 1. The summed E-state index contributed by atoms with van der Waals surface area (Å²) in [7, 11) is 0. The smallest absolute Gasteiger partial charge is 0.222 e. The van der Waals surface area contributed by atoms with E-state index in [-0.39, 0.29) is 30.1 Å². The van der Waals surface area contributed by atoms with E-state index < -0.39 is 6.04 Å². The number of Topliss-reactive ketones (excluding diaryl/α,β-unsaturated/α-hetero) is 1. The topological polar surface area (TPSA) is 89.2 Å². The number of thiophene rings is 1. The summed E-state index contributed by atoms with van der Waals surface area (Å²) in [6, 6.07) is -0.408. The number of rotatable bonds is 4. The summed E-state index contributed by atoms with van der Waals surface area (Å²) in [5.74, 6) is 1.75. The van der Waals surface area contributed by atoms with Gasteiger partial charge in [-0.1, -0.05) is 23.8 Å². The Kier molecular flexibility index (Phi) is 6.29. The highest BCUT2D eigenvalue weighted by atomic mass is 35.5. The fraction of sp³-hybridized carbons (Fsp3) is 0.480. The Labute approximate surface area is 208 Å². The highest BCUT2D eigenvalue weighted by Gasteiger charge is 2.34. The van der Waals surface area contributed by atoms with E-state index in [1.54, 1.807) is 11.3 Å². The van der Waals surface area contributed by atoms with Gasteiger partial charge in [0, 0.05) is 40.3 Å². The predicted octanol–water partition coefficient (Wildman–Crippen LogP) is 4.81. The van der Waals surface area contributed by atoms with Crippen LogP contribution >= 0.6 is 22.9 Å². The van der Waals surface area contributed by atoms with Gasteiger partial charge in [0.15, 0.2) is 5.82 Å². The van der Waals surface area contributed by atoms with Crippen molar-refractivity contribution in [2.24, 2.45) is 10.9 Å². The van der Waals surface area contributed by atoms with Crippen LogP contribution in [0.25, 0.3) is 5.00 Å². The van der Waals surface area contributed by atoms with Crippen molar-refractivity contribution >= 4 is 40.3 Å². The maximum absolute atomic E-state index is 13.1. The minimum Gasteiger partial charge on any atom is -0.353 e. The fourth-order valence-electron chi connectivity index (χ4n) is 4.97. The summed E-state index contributed by atoms with van der Waals surface area (Å²) < 4.78 is 2.07. The van der Waals surface area contributed by atoms with Crippen LogP contribution in [0.5, 0.6) is 0 Å². The first-order valence-corrected chi connectivity index (χ1v) is 13.0. The molecule has 34 heavy (non-hydrogen) atoms. The summed E-state index contributed by atoms with van der Waals surface area (Å²) in [6.07, 6.45) is 9.47. The molecule has 9 heteroatoms. The van der Waals surface area contributed by atoms with Crippen molar-refractivity contribution in [2.75, 3.05) is 0 Å². The molecular formula is C25H28ClN5O2S. The van der Waals surface area contributed by atoms with Crippen LogP contribution in [0.2, 0.25) is 0 Å². The number of nitrogens with one attached hydrogen (secondary N) is 1. The molecule has 2 atom stereocenters. The second-order valence-electron chi connectivity index (χ2n) is 9.31. The maximum atomic E-state index is 13.1. The zero-order valence-corrected chi connectivity index (χ0v) is 21.2. The van der Waals surface area contributed by atoms with Gasteiger partial charge in [-0.2, -0.15) is 0 Å². The molecule has 2 aliphatic carbocycles. The van der Waals surface area contributed by atoms with Crippen molar-refractivity contribution in [1.82, 2.24) is 20.1 Å². The summed E-state index contributed by atoms with van der Waals surface area (Å²) in [5.41, 5.74) is 3.28. The van der Waals surface area contributed by atoms with Crippen molar-refractivity contribution in [3.63, 3.8) is 0 Å². The monoisotopic (exact) mass is 497 g/mol. The number of hydrogen-bond donors (Lipinski definition) is 1. The molecule has 2 aromatic heterocycles. The number of carbonyl (C=O) groups excluding carboxylic acids is 2. The van der Waals surface area contributed by atoms with Crippen LogP contribution in [-0.4, -0.2) is 38.2 Å². The van der Waals surface area contributed by atoms with Crippen molar-refractivity contribution in [3.8, 4) is 5.00 Å². The van der Waals surface area contributed by atoms with Gasteiger partial charge in [-0.25, -0.2) is 0 Å². The fourth-order valence-corrected chi connectivity index (χ4v) is 6.35. The third kappa shape index (κ3) is 4.29. The molecule has 1 aliphatic heterocycles. The molecule has 1 saturated carbocycles. The average Bonchev–Trinajstić information content (AvgIpc) is 3.28. The van der Waals surface area contributed by atoms with Gasteiger partial charge < -0.3 is 5.32 Å². The Morgan fingerprint density at radius 3 is 2.71 bits per heavy atom. The summed E-state index contributed by atoms with van der Waals surface area (Å²) in [4.78, 5) is 31.1. The van der Waals surface area contributed by atoms with Crippen LogP contribution < -0.4 is 5.32 Å². The van der Waals surface area contributed by atoms with Crippen LogP contribution in [0, 0.1) is 26.7 Å². The normalized spacial score (nSPS) is 22.5. The predicted molar refractivity (Wildman–Crippen MR) is 134 cm³/mol. The average molecular weight is 498 g/mol. The van der Waals surface area contributed by atoms with Gasteiger partial charge in [-0.05, 0) is 51.7 Å². The van der Waals surface area contributed by atoms with Crippen LogP contribution in [0.4, 0.5) is 0 Å². The molecule has 178 valence electrons. The van der Waals surface area contributed by atoms with E-state index in [0.29, 0.717) is 31.5 Å². The molecule has 1 amide bonds. The molecular weight excluding hydrogens is 470 g/mol. The van der Waals surface area contributed by atoms with Crippen molar-refractivity contribution in [1.29, 1.82) is 0 Å². The van der Waals surface area contributed by atoms with E-state index in [0.717, 1.165) is 33.6 Å². The van der Waals surface area contributed by atoms with E-state index >= 15 is 0 Å².